The number of hydrogen-bond donors (Lipinski definition) is 0. The van der Waals surface area contributed by atoms with Crippen LogP contribution in [0.1, 0.15) is 11.1 Å². The van der Waals surface area contributed by atoms with Gasteiger partial charge in [-0.3, -0.25) is 9.69 Å². The molecule has 0 heterocycles. The molecule has 0 aromatic heterocycles. The molecule has 0 aliphatic heterocycles. The molecule has 0 saturated carbocycles. The number of benzene rings is 2. The molecule has 0 aliphatic rings. The summed E-state index contributed by atoms with van der Waals surface area (Å²) < 4.78 is 10.1. The van der Waals surface area contributed by atoms with Crippen molar-refractivity contribution in [2.75, 3.05) is 21.3 Å². The monoisotopic (exact) mass is 313 g/mol. The highest BCUT2D eigenvalue weighted by molar-refractivity contribution is 5.76. The molecule has 1 atom stereocenters. The Kier molecular flexibility index (Phi) is 6.18. The Morgan fingerprint density at radius 3 is 2.22 bits per heavy atom. The molecule has 23 heavy (non-hydrogen) atoms. The second-order valence-corrected chi connectivity index (χ2v) is 5.49. The van der Waals surface area contributed by atoms with Gasteiger partial charge in [-0.05, 0) is 36.7 Å². The van der Waals surface area contributed by atoms with Crippen molar-refractivity contribution in [1.82, 2.24) is 4.90 Å². The van der Waals surface area contributed by atoms with E-state index in [2.05, 4.69) is 0 Å². The van der Waals surface area contributed by atoms with Crippen LogP contribution in [-0.4, -0.2) is 38.2 Å². The first-order chi connectivity index (χ1) is 11.1. The number of ether oxygens (including phenoxy) is 2. The van der Waals surface area contributed by atoms with Crippen molar-refractivity contribution in [2.45, 2.75) is 19.0 Å². The summed E-state index contributed by atoms with van der Waals surface area (Å²) in [5.41, 5.74) is 2.24. The van der Waals surface area contributed by atoms with Crippen LogP contribution in [0.3, 0.4) is 0 Å². The van der Waals surface area contributed by atoms with Gasteiger partial charge in [0.15, 0.2) is 0 Å². The van der Waals surface area contributed by atoms with Crippen molar-refractivity contribution in [3.05, 3.63) is 65.7 Å². The van der Waals surface area contributed by atoms with E-state index in [9.17, 15) is 4.79 Å². The zero-order chi connectivity index (χ0) is 16.7. The number of carbonyl (C=O) groups excluding carboxylic acids is 1. The first kappa shape index (κ1) is 17.0. The second-order valence-electron chi connectivity index (χ2n) is 5.49. The maximum absolute atomic E-state index is 12.2. The summed E-state index contributed by atoms with van der Waals surface area (Å²) in [5, 5.41) is 0. The van der Waals surface area contributed by atoms with E-state index in [1.165, 1.54) is 7.11 Å². The molecule has 0 N–H and O–H groups in total. The molecule has 122 valence electrons. The molecule has 2 aromatic carbocycles. The number of likely N-dealkylation sites (N-methyl/N-ethyl adjacent to an activating group) is 1. The summed E-state index contributed by atoms with van der Waals surface area (Å²) in [5.74, 6) is 0.607. The van der Waals surface area contributed by atoms with Crippen LogP contribution in [0.5, 0.6) is 5.75 Å². The summed E-state index contributed by atoms with van der Waals surface area (Å²) in [6.07, 6.45) is 0.625. The van der Waals surface area contributed by atoms with E-state index in [-0.39, 0.29) is 12.0 Å². The number of nitrogens with zero attached hydrogens (tertiary/aromatic N) is 1. The van der Waals surface area contributed by atoms with Gasteiger partial charge in [-0.25, -0.2) is 0 Å². The van der Waals surface area contributed by atoms with Gasteiger partial charge in [-0.15, -0.1) is 0 Å². The van der Waals surface area contributed by atoms with Crippen molar-refractivity contribution in [1.29, 1.82) is 0 Å². The summed E-state index contributed by atoms with van der Waals surface area (Å²) in [4.78, 5) is 14.2. The highest BCUT2D eigenvalue weighted by atomic mass is 16.5. The van der Waals surface area contributed by atoms with Gasteiger partial charge < -0.3 is 9.47 Å². The highest BCUT2D eigenvalue weighted by Gasteiger charge is 2.24. The molecule has 0 spiro atoms. The van der Waals surface area contributed by atoms with Crippen LogP contribution < -0.4 is 4.74 Å². The largest absolute Gasteiger partial charge is 0.497 e. The van der Waals surface area contributed by atoms with Gasteiger partial charge in [-0.1, -0.05) is 42.5 Å². The summed E-state index contributed by atoms with van der Waals surface area (Å²) in [6.45, 7) is 0.663. The van der Waals surface area contributed by atoms with Crippen LogP contribution >= 0.6 is 0 Å². The minimum Gasteiger partial charge on any atom is -0.497 e. The quantitative estimate of drug-likeness (QED) is 0.737. The third-order valence-corrected chi connectivity index (χ3v) is 3.87. The van der Waals surface area contributed by atoms with Gasteiger partial charge in [0, 0.05) is 6.54 Å². The Morgan fingerprint density at radius 1 is 1.00 bits per heavy atom. The number of hydrogen-bond acceptors (Lipinski definition) is 4. The third-order valence-electron chi connectivity index (χ3n) is 3.87. The van der Waals surface area contributed by atoms with Gasteiger partial charge in [0.2, 0.25) is 0 Å². The topological polar surface area (TPSA) is 38.8 Å². The molecule has 4 nitrogen and oxygen atoms in total. The summed E-state index contributed by atoms with van der Waals surface area (Å²) >= 11 is 0. The number of carbonyl (C=O) groups is 1. The predicted molar refractivity (Wildman–Crippen MR) is 90.4 cm³/mol. The fourth-order valence-electron chi connectivity index (χ4n) is 2.52. The number of esters is 1. The van der Waals surface area contributed by atoms with Crippen LogP contribution in [0.4, 0.5) is 0 Å². The van der Waals surface area contributed by atoms with Crippen LogP contribution in [0.2, 0.25) is 0 Å². The lowest BCUT2D eigenvalue weighted by molar-refractivity contribution is -0.146. The van der Waals surface area contributed by atoms with Crippen molar-refractivity contribution >= 4 is 5.97 Å². The Hall–Kier alpha value is -2.33. The van der Waals surface area contributed by atoms with Gasteiger partial charge in [0.25, 0.3) is 0 Å². The molecule has 0 unspecified atom stereocenters. The maximum Gasteiger partial charge on any atom is 0.323 e. The number of rotatable bonds is 7. The minimum absolute atomic E-state index is 0.218. The molecule has 2 rings (SSSR count). The lowest BCUT2D eigenvalue weighted by atomic mass is 10.0. The van der Waals surface area contributed by atoms with E-state index in [1.807, 2.05) is 66.5 Å². The van der Waals surface area contributed by atoms with Gasteiger partial charge >= 0.3 is 5.97 Å². The lowest BCUT2D eigenvalue weighted by Gasteiger charge is -2.26. The molecular formula is C19H23NO3. The molecule has 2 aromatic rings. The van der Waals surface area contributed by atoms with Crippen molar-refractivity contribution < 1.29 is 14.3 Å². The fourth-order valence-corrected chi connectivity index (χ4v) is 2.52. The van der Waals surface area contributed by atoms with Crippen LogP contribution in [0.15, 0.2) is 54.6 Å². The predicted octanol–water partition coefficient (Wildman–Crippen LogP) is 2.91. The smallest absolute Gasteiger partial charge is 0.323 e. The Morgan fingerprint density at radius 2 is 1.65 bits per heavy atom. The molecule has 4 heteroatoms. The molecule has 0 fully saturated rings. The third kappa shape index (κ3) is 4.83. The molecule has 0 bridgehead atoms. The van der Waals surface area contributed by atoms with Gasteiger partial charge in [0.1, 0.15) is 11.8 Å². The summed E-state index contributed by atoms with van der Waals surface area (Å²) in [7, 11) is 5.02. The van der Waals surface area contributed by atoms with Crippen LogP contribution in [-0.2, 0) is 22.5 Å². The molecule has 0 saturated heterocycles. The zero-order valence-corrected chi connectivity index (χ0v) is 13.9. The van der Waals surface area contributed by atoms with Gasteiger partial charge in [-0.2, -0.15) is 0 Å². The van der Waals surface area contributed by atoms with Gasteiger partial charge in [0.05, 0.1) is 14.2 Å². The Balaban J connectivity index is 2.09. The van der Waals surface area contributed by atoms with Crippen LogP contribution in [0.25, 0.3) is 0 Å². The van der Waals surface area contributed by atoms with E-state index in [4.69, 9.17) is 9.47 Å². The lowest BCUT2D eigenvalue weighted by Crippen LogP contribution is -2.40. The second kappa shape index (κ2) is 8.34. The molecular weight excluding hydrogens is 290 g/mol. The Labute approximate surface area is 137 Å². The van der Waals surface area contributed by atoms with E-state index in [0.717, 1.165) is 16.9 Å². The minimum atomic E-state index is -0.315. The van der Waals surface area contributed by atoms with E-state index < -0.39 is 0 Å². The maximum atomic E-state index is 12.2. The van der Waals surface area contributed by atoms with E-state index in [1.54, 1.807) is 7.11 Å². The SMILES string of the molecule is COC(=O)[C@H](Cc1ccccc1)N(C)Cc1ccc(OC)cc1. The normalized spacial score (nSPS) is 12.0. The van der Waals surface area contributed by atoms with Crippen LogP contribution in [0, 0.1) is 0 Å². The fraction of sp³-hybridized carbons (Fsp3) is 0.316. The standard InChI is InChI=1S/C19H23NO3/c1-20(14-16-9-11-17(22-2)12-10-16)18(19(21)23-3)13-15-7-5-4-6-8-15/h4-12,18H,13-14H2,1-3H3/t18-/m0/s1. The molecule has 0 aliphatic carbocycles. The highest BCUT2D eigenvalue weighted by Crippen LogP contribution is 2.16. The van der Waals surface area contributed by atoms with Crippen molar-refractivity contribution in [3.8, 4) is 5.75 Å². The van der Waals surface area contributed by atoms with E-state index >= 15 is 0 Å². The Bertz CT molecular complexity index is 610. The van der Waals surface area contributed by atoms with E-state index in [0.29, 0.717) is 13.0 Å². The average Bonchev–Trinajstić information content (AvgIpc) is 2.60. The molecule has 0 amide bonds. The first-order valence-corrected chi connectivity index (χ1v) is 7.59. The summed E-state index contributed by atoms with van der Waals surface area (Å²) in [6, 6.07) is 17.5. The average molecular weight is 313 g/mol. The molecule has 0 radical (unpaired) electrons. The van der Waals surface area contributed by atoms with Crippen molar-refractivity contribution in [3.63, 3.8) is 0 Å². The van der Waals surface area contributed by atoms with Crippen molar-refractivity contribution in [2.24, 2.45) is 0 Å². The zero-order valence-electron chi connectivity index (χ0n) is 13.9. The first-order valence-electron chi connectivity index (χ1n) is 7.59. The number of methoxy groups -OCH3 is 2.